The second-order valence-electron chi connectivity index (χ2n) is 5.80. The lowest BCUT2D eigenvalue weighted by Gasteiger charge is -2.19. The van der Waals surface area contributed by atoms with Crippen LogP contribution in [0.1, 0.15) is 22.8 Å². The van der Waals surface area contributed by atoms with Gasteiger partial charge in [-0.15, -0.1) is 0 Å². The van der Waals surface area contributed by atoms with Crippen LogP contribution in [0.3, 0.4) is 0 Å². The summed E-state index contributed by atoms with van der Waals surface area (Å²) in [6.45, 7) is 4.55. The van der Waals surface area contributed by atoms with E-state index < -0.39 is 0 Å². The number of nitrogens with one attached hydrogen (secondary N) is 1. The molecule has 1 aliphatic rings. The molecule has 0 saturated carbocycles. The number of carbonyl (C=O) groups excluding carboxylic acids is 2. The maximum absolute atomic E-state index is 12.7. The lowest BCUT2D eigenvalue weighted by Crippen LogP contribution is -2.29. The van der Waals surface area contributed by atoms with E-state index in [4.69, 9.17) is 0 Å². The Bertz CT molecular complexity index is 755. The number of benzene rings is 1. The molecule has 0 atom stereocenters. The summed E-state index contributed by atoms with van der Waals surface area (Å²) in [4.78, 5) is 27.7. The van der Waals surface area contributed by atoms with Gasteiger partial charge in [0.15, 0.2) is 0 Å². The molecule has 0 aliphatic carbocycles. The van der Waals surface area contributed by atoms with E-state index in [1.165, 1.54) is 0 Å². The summed E-state index contributed by atoms with van der Waals surface area (Å²) < 4.78 is 1.83. The van der Waals surface area contributed by atoms with Crippen LogP contribution in [-0.2, 0) is 13.1 Å². The lowest BCUT2D eigenvalue weighted by atomic mass is 10.1. The summed E-state index contributed by atoms with van der Waals surface area (Å²) in [5.74, 6) is -0.0827. The van der Waals surface area contributed by atoms with Gasteiger partial charge in [0.25, 0.3) is 5.91 Å². The predicted molar refractivity (Wildman–Crippen MR) is 90.9 cm³/mol. The van der Waals surface area contributed by atoms with Gasteiger partial charge in [-0.3, -0.25) is 14.4 Å². The fraction of sp³-hybridized carbons (Fsp3) is 0.353. The number of urea groups is 1. The van der Waals surface area contributed by atoms with E-state index in [0.29, 0.717) is 25.2 Å². The molecule has 0 bridgehead atoms. The first-order chi connectivity index (χ1) is 11.6. The van der Waals surface area contributed by atoms with E-state index in [9.17, 15) is 9.59 Å². The van der Waals surface area contributed by atoms with Crippen molar-refractivity contribution in [1.29, 1.82) is 0 Å². The van der Waals surface area contributed by atoms with Crippen LogP contribution in [0.15, 0.2) is 36.7 Å². The first kappa shape index (κ1) is 16.0. The Morgan fingerprint density at radius 3 is 2.92 bits per heavy atom. The number of rotatable bonds is 5. The van der Waals surface area contributed by atoms with Crippen LogP contribution < -0.4 is 10.2 Å². The van der Waals surface area contributed by atoms with E-state index in [1.807, 2.05) is 23.9 Å². The summed E-state index contributed by atoms with van der Waals surface area (Å²) in [5, 5.41) is 6.98. The Hall–Kier alpha value is -2.83. The minimum absolute atomic E-state index is 0.0827. The van der Waals surface area contributed by atoms with Crippen molar-refractivity contribution in [3.8, 4) is 0 Å². The first-order valence-electron chi connectivity index (χ1n) is 8.00. The van der Waals surface area contributed by atoms with E-state index in [0.717, 1.165) is 17.8 Å². The van der Waals surface area contributed by atoms with Gasteiger partial charge in [-0.2, -0.15) is 5.10 Å². The van der Waals surface area contributed by atoms with Crippen LogP contribution in [0.25, 0.3) is 0 Å². The summed E-state index contributed by atoms with van der Waals surface area (Å²) >= 11 is 0. The van der Waals surface area contributed by atoms with E-state index in [1.54, 1.807) is 41.2 Å². The zero-order chi connectivity index (χ0) is 17.1. The maximum Gasteiger partial charge on any atom is 0.321 e. The molecular weight excluding hydrogens is 306 g/mol. The molecule has 2 heterocycles. The quantitative estimate of drug-likeness (QED) is 0.909. The maximum atomic E-state index is 12.7. The molecule has 7 heteroatoms. The zero-order valence-electron chi connectivity index (χ0n) is 13.9. The second kappa shape index (κ2) is 6.74. The normalized spacial score (nSPS) is 13.9. The summed E-state index contributed by atoms with van der Waals surface area (Å²) in [6.07, 6.45) is 3.72. The Morgan fingerprint density at radius 2 is 2.25 bits per heavy atom. The largest absolute Gasteiger partial charge is 0.337 e. The van der Waals surface area contributed by atoms with Crippen molar-refractivity contribution in [3.05, 3.63) is 47.8 Å². The number of amides is 3. The minimum atomic E-state index is -0.125. The highest BCUT2D eigenvalue weighted by atomic mass is 16.2. The molecule has 0 radical (unpaired) electrons. The minimum Gasteiger partial charge on any atom is -0.337 e. The smallest absolute Gasteiger partial charge is 0.321 e. The number of nitrogens with zero attached hydrogens (tertiary/aromatic N) is 4. The highest BCUT2D eigenvalue weighted by molar-refractivity contribution is 5.98. The van der Waals surface area contributed by atoms with Crippen molar-refractivity contribution in [2.45, 2.75) is 20.0 Å². The van der Waals surface area contributed by atoms with Gasteiger partial charge in [-0.05, 0) is 25.1 Å². The third kappa shape index (κ3) is 3.24. The molecule has 0 unspecified atom stereocenters. The Labute approximate surface area is 140 Å². The van der Waals surface area contributed by atoms with E-state index in [2.05, 4.69) is 10.4 Å². The first-order valence-corrected chi connectivity index (χ1v) is 8.00. The van der Waals surface area contributed by atoms with Gasteiger partial charge in [0.1, 0.15) is 0 Å². The standard InChI is InChI=1S/C17H21N5O2/c1-3-21-12-13(10-19-21)11-20(2)16(23)14-5-4-6-15(9-14)22-8-7-18-17(22)24/h4-6,9-10,12H,3,7-8,11H2,1-2H3,(H,18,24). The number of hydrogen-bond acceptors (Lipinski definition) is 3. The van der Waals surface area contributed by atoms with Crippen LogP contribution in [0.2, 0.25) is 0 Å². The number of carbonyl (C=O) groups is 2. The molecule has 1 aromatic carbocycles. The number of hydrogen-bond donors (Lipinski definition) is 1. The van der Waals surface area contributed by atoms with Crippen molar-refractivity contribution >= 4 is 17.6 Å². The summed E-state index contributed by atoms with van der Waals surface area (Å²) in [7, 11) is 1.76. The van der Waals surface area contributed by atoms with Crippen molar-refractivity contribution in [1.82, 2.24) is 20.0 Å². The lowest BCUT2D eigenvalue weighted by molar-refractivity contribution is 0.0785. The molecule has 1 fully saturated rings. The number of anilines is 1. The van der Waals surface area contributed by atoms with Gasteiger partial charge in [0.05, 0.1) is 6.20 Å². The fourth-order valence-electron chi connectivity index (χ4n) is 2.75. The molecule has 1 N–H and O–H groups in total. The van der Waals surface area contributed by atoms with Gasteiger partial charge in [0.2, 0.25) is 0 Å². The van der Waals surface area contributed by atoms with Gasteiger partial charge in [-0.25, -0.2) is 4.79 Å². The van der Waals surface area contributed by atoms with Crippen LogP contribution in [0, 0.1) is 0 Å². The van der Waals surface area contributed by atoms with E-state index in [-0.39, 0.29) is 11.9 Å². The van der Waals surface area contributed by atoms with Gasteiger partial charge in [-0.1, -0.05) is 6.07 Å². The number of aryl methyl sites for hydroxylation is 1. The van der Waals surface area contributed by atoms with Crippen molar-refractivity contribution in [2.24, 2.45) is 0 Å². The molecule has 2 aromatic rings. The topological polar surface area (TPSA) is 70.5 Å². The van der Waals surface area contributed by atoms with Gasteiger partial charge >= 0.3 is 6.03 Å². The highest BCUT2D eigenvalue weighted by Gasteiger charge is 2.22. The molecule has 7 nitrogen and oxygen atoms in total. The predicted octanol–water partition coefficient (Wildman–Crippen LogP) is 1.70. The molecule has 1 aliphatic heterocycles. The molecule has 3 rings (SSSR count). The van der Waals surface area contributed by atoms with Gasteiger partial charge in [0, 0.05) is 56.2 Å². The van der Waals surface area contributed by atoms with Gasteiger partial charge < -0.3 is 10.2 Å². The van der Waals surface area contributed by atoms with Crippen molar-refractivity contribution < 1.29 is 9.59 Å². The van der Waals surface area contributed by atoms with Crippen molar-refractivity contribution in [3.63, 3.8) is 0 Å². The van der Waals surface area contributed by atoms with E-state index >= 15 is 0 Å². The molecule has 1 saturated heterocycles. The summed E-state index contributed by atoms with van der Waals surface area (Å²) in [6, 6.07) is 7.05. The molecule has 24 heavy (non-hydrogen) atoms. The monoisotopic (exact) mass is 327 g/mol. The molecule has 3 amide bonds. The van der Waals surface area contributed by atoms with Crippen LogP contribution >= 0.6 is 0 Å². The fourth-order valence-corrected chi connectivity index (χ4v) is 2.75. The molecule has 126 valence electrons. The number of aromatic nitrogens is 2. The Morgan fingerprint density at radius 1 is 1.42 bits per heavy atom. The summed E-state index contributed by atoms with van der Waals surface area (Å²) in [5.41, 5.74) is 2.29. The SMILES string of the molecule is CCn1cc(CN(C)C(=O)c2cccc(N3CCNC3=O)c2)cn1. The third-order valence-corrected chi connectivity index (χ3v) is 4.04. The average Bonchev–Trinajstić information content (AvgIpc) is 3.23. The zero-order valence-corrected chi connectivity index (χ0v) is 13.9. The third-order valence-electron chi connectivity index (χ3n) is 4.04. The van der Waals surface area contributed by atoms with Crippen molar-refractivity contribution in [2.75, 3.05) is 25.0 Å². The Kier molecular flexibility index (Phi) is 4.50. The second-order valence-corrected chi connectivity index (χ2v) is 5.80. The molecule has 0 spiro atoms. The molecular formula is C17H21N5O2. The van der Waals surface area contributed by atoms with Crippen LogP contribution in [0.4, 0.5) is 10.5 Å². The van der Waals surface area contributed by atoms with Crippen LogP contribution in [0.5, 0.6) is 0 Å². The Balaban J connectivity index is 1.73. The molecule has 1 aromatic heterocycles. The average molecular weight is 327 g/mol. The highest BCUT2D eigenvalue weighted by Crippen LogP contribution is 2.19. The van der Waals surface area contributed by atoms with Crippen LogP contribution in [-0.4, -0.2) is 46.8 Å².